The predicted molar refractivity (Wildman–Crippen MR) is 78.1 cm³/mol. The normalized spacial score (nSPS) is 17.7. The molecule has 1 aromatic rings. The molecular formula is C11H13Cl2NO4S2. The van der Waals surface area contributed by atoms with Gasteiger partial charge in [0.05, 0.1) is 10.8 Å². The first-order valence-corrected chi connectivity index (χ1v) is 8.96. The van der Waals surface area contributed by atoms with Crippen molar-refractivity contribution in [2.75, 3.05) is 6.54 Å². The molecule has 20 heavy (non-hydrogen) atoms. The molecule has 2 rings (SSSR count). The van der Waals surface area contributed by atoms with Gasteiger partial charge in [0.1, 0.15) is 9.23 Å². The molecule has 1 aromatic heterocycles. The van der Waals surface area contributed by atoms with Crippen molar-refractivity contribution in [2.24, 2.45) is 5.41 Å². The summed E-state index contributed by atoms with van der Waals surface area (Å²) in [6.07, 6.45) is 2.30. The summed E-state index contributed by atoms with van der Waals surface area (Å²) in [5.41, 5.74) is -0.481. The molecule has 0 spiro atoms. The SMILES string of the molecule is O=C(O)CC1(CNS(=O)(=O)c2cc(Cl)sc2Cl)CCC1. The first-order valence-electron chi connectivity index (χ1n) is 5.90. The highest BCUT2D eigenvalue weighted by molar-refractivity contribution is 7.89. The molecule has 0 radical (unpaired) electrons. The van der Waals surface area contributed by atoms with Crippen LogP contribution in [0.5, 0.6) is 0 Å². The van der Waals surface area contributed by atoms with E-state index in [1.165, 1.54) is 6.07 Å². The monoisotopic (exact) mass is 357 g/mol. The largest absolute Gasteiger partial charge is 0.481 e. The standard InChI is InChI=1S/C11H13Cl2NO4S2/c12-8-4-7(10(13)19-8)20(17,18)14-6-11(2-1-3-11)5-9(15)16/h4,14H,1-3,5-6H2,(H,15,16). The maximum Gasteiger partial charge on any atom is 0.303 e. The lowest BCUT2D eigenvalue weighted by Crippen LogP contribution is -2.43. The molecule has 1 fully saturated rings. The summed E-state index contributed by atoms with van der Waals surface area (Å²) >= 11 is 12.5. The van der Waals surface area contributed by atoms with Gasteiger partial charge in [-0.15, -0.1) is 11.3 Å². The Morgan fingerprint density at radius 2 is 2.10 bits per heavy atom. The summed E-state index contributed by atoms with van der Waals surface area (Å²) in [4.78, 5) is 10.8. The minimum absolute atomic E-state index is 0.0341. The minimum Gasteiger partial charge on any atom is -0.481 e. The van der Waals surface area contributed by atoms with Crippen molar-refractivity contribution in [3.05, 3.63) is 14.7 Å². The van der Waals surface area contributed by atoms with E-state index in [1.807, 2.05) is 0 Å². The molecule has 1 aliphatic carbocycles. The van der Waals surface area contributed by atoms with Crippen molar-refractivity contribution in [3.8, 4) is 0 Å². The van der Waals surface area contributed by atoms with Crippen LogP contribution in [0.3, 0.4) is 0 Å². The Kier molecular flexibility index (Phi) is 4.66. The van der Waals surface area contributed by atoms with Gasteiger partial charge in [-0.2, -0.15) is 0 Å². The van der Waals surface area contributed by atoms with Crippen LogP contribution in [0.25, 0.3) is 0 Å². The van der Waals surface area contributed by atoms with E-state index < -0.39 is 21.4 Å². The maximum absolute atomic E-state index is 12.1. The minimum atomic E-state index is -3.76. The van der Waals surface area contributed by atoms with Gasteiger partial charge in [-0.25, -0.2) is 13.1 Å². The third kappa shape index (κ3) is 3.46. The quantitative estimate of drug-likeness (QED) is 0.819. The highest BCUT2D eigenvalue weighted by Crippen LogP contribution is 2.44. The van der Waals surface area contributed by atoms with E-state index in [4.69, 9.17) is 28.3 Å². The lowest BCUT2D eigenvalue weighted by Gasteiger charge is -2.40. The van der Waals surface area contributed by atoms with Crippen molar-refractivity contribution in [1.82, 2.24) is 4.72 Å². The number of halogens is 2. The first-order chi connectivity index (χ1) is 9.24. The fourth-order valence-corrected chi connectivity index (χ4v) is 5.55. The maximum atomic E-state index is 12.1. The number of hydrogen-bond donors (Lipinski definition) is 2. The van der Waals surface area contributed by atoms with Crippen molar-refractivity contribution < 1.29 is 18.3 Å². The van der Waals surface area contributed by atoms with Gasteiger partial charge in [-0.1, -0.05) is 29.6 Å². The zero-order chi connectivity index (χ0) is 15.0. The van der Waals surface area contributed by atoms with E-state index in [2.05, 4.69) is 4.72 Å². The van der Waals surface area contributed by atoms with Crippen molar-refractivity contribution in [1.29, 1.82) is 0 Å². The molecule has 1 heterocycles. The lowest BCUT2D eigenvalue weighted by molar-refractivity contribution is -0.141. The van der Waals surface area contributed by atoms with E-state index in [9.17, 15) is 13.2 Å². The van der Waals surface area contributed by atoms with Gasteiger partial charge in [-0.05, 0) is 24.3 Å². The fraction of sp³-hybridized carbons (Fsp3) is 0.545. The van der Waals surface area contributed by atoms with Crippen molar-refractivity contribution in [3.63, 3.8) is 0 Å². The van der Waals surface area contributed by atoms with Crippen LogP contribution in [0.15, 0.2) is 11.0 Å². The van der Waals surface area contributed by atoms with Gasteiger partial charge in [0.15, 0.2) is 0 Å². The average molecular weight is 358 g/mol. The first kappa shape index (κ1) is 16.0. The highest BCUT2D eigenvalue weighted by atomic mass is 35.5. The van der Waals surface area contributed by atoms with Gasteiger partial charge in [0.2, 0.25) is 10.0 Å². The van der Waals surface area contributed by atoms with Crippen LogP contribution in [0.1, 0.15) is 25.7 Å². The number of hydrogen-bond acceptors (Lipinski definition) is 4. The molecule has 5 nitrogen and oxygen atoms in total. The van der Waals surface area contributed by atoms with Crippen LogP contribution in [0.2, 0.25) is 8.67 Å². The topological polar surface area (TPSA) is 83.5 Å². The Labute approximate surface area is 130 Å². The van der Waals surface area contributed by atoms with E-state index in [-0.39, 0.29) is 22.2 Å². The third-order valence-corrected chi connectivity index (χ3v) is 6.65. The Balaban J connectivity index is 2.09. The number of rotatable bonds is 6. The number of thiophene rings is 1. The number of sulfonamides is 1. The summed E-state index contributed by atoms with van der Waals surface area (Å²) in [6, 6.07) is 1.29. The average Bonchev–Trinajstić information content (AvgIpc) is 2.62. The summed E-state index contributed by atoms with van der Waals surface area (Å²) < 4.78 is 27.1. The number of nitrogens with one attached hydrogen (secondary N) is 1. The second-order valence-corrected chi connectivity index (χ2v) is 8.96. The molecule has 9 heteroatoms. The lowest BCUT2D eigenvalue weighted by atomic mass is 9.67. The predicted octanol–water partition coefficient (Wildman–Crippen LogP) is 2.98. The molecule has 2 N–H and O–H groups in total. The second kappa shape index (κ2) is 5.81. The summed E-state index contributed by atoms with van der Waals surface area (Å²) in [7, 11) is -3.76. The van der Waals surface area contributed by atoms with Crippen molar-refractivity contribution in [2.45, 2.75) is 30.6 Å². The Morgan fingerprint density at radius 3 is 2.50 bits per heavy atom. The second-order valence-electron chi connectivity index (χ2n) is 4.94. The van der Waals surface area contributed by atoms with E-state index in [0.717, 1.165) is 17.8 Å². The summed E-state index contributed by atoms with van der Waals surface area (Å²) in [6.45, 7) is 0.103. The van der Waals surface area contributed by atoms with Crippen LogP contribution in [0, 0.1) is 5.41 Å². The molecule has 112 valence electrons. The molecule has 0 amide bonds. The number of aliphatic carboxylic acids is 1. The van der Waals surface area contributed by atoms with E-state index in [0.29, 0.717) is 17.2 Å². The Bertz CT molecular complexity index is 622. The molecule has 0 aliphatic heterocycles. The Hall–Kier alpha value is -0.340. The molecule has 1 aliphatic rings. The molecule has 0 atom stereocenters. The zero-order valence-corrected chi connectivity index (χ0v) is 13.5. The zero-order valence-electron chi connectivity index (χ0n) is 10.4. The molecule has 0 aromatic carbocycles. The number of carboxylic acids is 1. The summed E-state index contributed by atoms with van der Waals surface area (Å²) in [5.74, 6) is -0.916. The molecular weight excluding hydrogens is 345 g/mol. The van der Waals surface area contributed by atoms with Gasteiger partial charge in [0.25, 0.3) is 0 Å². The van der Waals surface area contributed by atoms with Gasteiger partial charge < -0.3 is 5.11 Å². The highest BCUT2D eigenvalue weighted by Gasteiger charge is 2.40. The fourth-order valence-electron chi connectivity index (χ4n) is 2.25. The van der Waals surface area contributed by atoms with Crippen LogP contribution < -0.4 is 4.72 Å². The Morgan fingerprint density at radius 1 is 1.45 bits per heavy atom. The summed E-state index contributed by atoms with van der Waals surface area (Å²) in [5, 5.41) is 8.89. The van der Waals surface area contributed by atoms with Gasteiger partial charge >= 0.3 is 5.97 Å². The smallest absolute Gasteiger partial charge is 0.303 e. The van der Waals surface area contributed by atoms with Gasteiger partial charge in [0, 0.05) is 6.54 Å². The van der Waals surface area contributed by atoms with Crippen LogP contribution in [-0.4, -0.2) is 26.0 Å². The van der Waals surface area contributed by atoms with Gasteiger partial charge in [-0.3, -0.25) is 4.79 Å². The van der Waals surface area contributed by atoms with Crippen molar-refractivity contribution >= 4 is 50.5 Å². The molecule has 1 saturated carbocycles. The molecule has 0 unspecified atom stereocenters. The third-order valence-electron chi connectivity index (χ3n) is 3.49. The molecule has 0 bridgehead atoms. The van der Waals surface area contributed by atoms with E-state index >= 15 is 0 Å². The van der Waals surface area contributed by atoms with Crippen LogP contribution in [0.4, 0.5) is 0 Å². The number of carboxylic acid groups (broad SMARTS) is 1. The number of carbonyl (C=O) groups is 1. The van der Waals surface area contributed by atoms with E-state index in [1.54, 1.807) is 0 Å². The van der Waals surface area contributed by atoms with Crippen LogP contribution in [-0.2, 0) is 14.8 Å². The van der Waals surface area contributed by atoms with Crippen LogP contribution >= 0.6 is 34.5 Å². The molecule has 0 saturated heterocycles.